The molecule has 0 aliphatic rings. The van der Waals surface area contributed by atoms with Gasteiger partial charge in [-0.2, -0.15) is 5.10 Å². The van der Waals surface area contributed by atoms with Crippen molar-refractivity contribution in [2.75, 3.05) is 19.0 Å². The van der Waals surface area contributed by atoms with Crippen LogP contribution in [0.4, 0.5) is 5.69 Å². The summed E-state index contributed by atoms with van der Waals surface area (Å²) in [6.07, 6.45) is 1.75. The first kappa shape index (κ1) is 22.8. The van der Waals surface area contributed by atoms with Crippen LogP contribution in [0.1, 0.15) is 33.2 Å². The van der Waals surface area contributed by atoms with Gasteiger partial charge in [-0.25, -0.2) is 0 Å². The summed E-state index contributed by atoms with van der Waals surface area (Å²) in [4.78, 5) is 25.5. The second kappa shape index (κ2) is 10.5. The van der Waals surface area contributed by atoms with Crippen LogP contribution in [0.5, 0.6) is 5.75 Å². The van der Waals surface area contributed by atoms with Crippen LogP contribution in [0.15, 0.2) is 85.1 Å². The quantitative estimate of drug-likeness (QED) is 0.407. The first-order valence-corrected chi connectivity index (χ1v) is 11.0. The van der Waals surface area contributed by atoms with Crippen molar-refractivity contribution in [3.05, 3.63) is 102 Å². The summed E-state index contributed by atoms with van der Waals surface area (Å²) >= 11 is 0. The lowest BCUT2D eigenvalue weighted by Gasteiger charge is -2.08. The molecule has 0 atom stereocenters. The van der Waals surface area contributed by atoms with Gasteiger partial charge in [0, 0.05) is 29.6 Å². The summed E-state index contributed by atoms with van der Waals surface area (Å²) in [5.41, 5.74) is 3.89. The Kier molecular flexibility index (Phi) is 7.03. The van der Waals surface area contributed by atoms with E-state index in [-0.39, 0.29) is 11.8 Å². The molecular weight excluding hydrogens is 428 g/mol. The number of rotatable bonds is 8. The van der Waals surface area contributed by atoms with Gasteiger partial charge in [-0.05, 0) is 55.0 Å². The van der Waals surface area contributed by atoms with Crippen molar-refractivity contribution in [1.29, 1.82) is 0 Å². The molecule has 4 aromatic rings. The third-order valence-corrected chi connectivity index (χ3v) is 5.28. The molecule has 0 saturated carbocycles. The van der Waals surface area contributed by atoms with E-state index in [2.05, 4.69) is 10.6 Å². The standard InChI is InChI=1S/C27H26N4O3/c1-3-28-26(32)21-10-7-11-22(16-21)29-27(33)24-18-31(17-19-8-5-4-6-9-19)30-25(24)20-12-14-23(34-2)15-13-20/h4-16,18H,3,17H2,1-2H3,(H,28,32)(H,29,33). The SMILES string of the molecule is CCNC(=O)c1cccc(NC(=O)c2cn(Cc3ccccc3)nc2-c2ccc(OC)cc2)c1. The molecule has 0 saturated heterocycles. The van der Waals surface area contributed by atoms with Gasteiger partial charge >= 0.3 is 0 Å². The molecule has 0 radical (unpaired) electrons. The van der Waals surface area contributed by atoms with Gasteiger partial charge in [-0.3, -0.25) is 14.3 Å². The fourth-order valence-electron chi connectivity index (χ4n) is 3.60. The zero-order valence-electron chi connectivity index (χ0n) is 19.1. The van der Waals surface area contributed by atoms with E-state index >= 15 is 0 Å². The molecule has 0 unspecified atom stereocenters. The van der Waals surface area contributed by atoms with Crippen molar-refractivity contribution < 1.29 is 14.3 Å². The third-order valence-electron chi connectivity index (χ3n) is 5.28. The number of methoxy groups -OCH3 is 1. The van der Waals surface area contributed by atoms with Crippen molar-refractivity contribution in [3.63, 3.8) is 0 Å². The average molecular weight is 455 g/mol. The summed E-state index contributed by atoms with van der Waals surface area (Å²) < 4.78 is 7.02. The van der Waals surface area contributed by atoms with E-state index in [4.69, 9.17) is 9.84 Å². The minimum atomic E-state index is -0.307. The molecule has 0 fully saturated rings. The van der Waals surface area contributed by atoms with Gasteiger partial charge in [-0.15, -0.1) is 0 Å². The molecule has 34 heavy (non-hydrogen) atoms. The molecule has 4 rings (SSSR count). The molecule has 1 aromatic heterocycles. The Labute approximate surface area is 198 Å². The van der Waals surface area contributed by atoms with Crippen molar-refractivity contribution in [2.45, 2.75) is 13.5 Å². The fourth-order valence-corrected chi connectivity index (χ4v) is 3.60. The highest BCUT2D eigenvalue weighted by Gasteiger charge is 2.19. The first-order valence-electron chi connectivity index (χ1n) is 11.0. The van der Waals surface area contributed by atoms with E-state index < -0.39 is 0 Å². The van der Waals surface area contributed by atoms with Crippen LogP contribution >= 0.6 is 0 Å². The van der Waals surface area contributed by atoms with E-state index in [0.717, 1.165) is 16.9 Å². The van der Waals surface area contributed by atoms with Crippen LogP contribution in [-0.2, 0) is 6.54 Å². The third kappa shape index (κ3) is 5.32. The smallest absolute Gasteiger partial charge is 0.259 e. The maximum Gasteiger partial charge on any atom is 0.259 e. The highest BCUT2D eigenvalue weighted by atomic mass is 16.5. The van der Waals surface area contributed by atoms with Crippen LogP contribution in [0, 0.1) is 0 Å². The first-order chi connectivity index (χ1) is 16.6. The number of carbonyl (C=O) groups is 2. The topological polar surface area (TPSA) is 85.3 Å². The molecule has 2 amide bonds. The summed E-state index contributed by atoms with van der Waals surface area (Å²) in [6, 6.07) is 24.2. The van der Waals surface area contributed by atoms with Gasteiger partial charge in [0.15, 0.2) is 0 Å². The van der Waals surface area contributed by atoms with Crippen molar-refractivity contribution in [1.82, 2.24) is 15.1 Å². The Hall–Kier alpha value is -4.39. The molecule has 2 N–H and O–H groups in total. The Bertz CT molecular complexity index is 1280. The zero-order chi connectivity index (χ0) is 23.9. The number of aromatic nitrogens is 2. The zero-order valence-corrected chi connectivity index (χ0v) is 19.1. The lowest BCUT2D eigenvalue weighted by Crippen LogP contribution is -2.22. The Morgan fingerprint density at radius 2 is 1.71 bits per heavy atom. The highest BCUT2D eigenvalue weighted by molar-refractivity contribution is 6.08. The summed E-state index contributed by atoms with van der Waals surface area (Å²) in [5.74, 6) is 0.229. The predicted molar refractivity (Wildman–Crippen MR) is 132 cm³/mol. The van der Waals surface area contributed by atoms with Crippen molar-refractivity contribution in [3.8, 4) is 17.0 Å². The van der Waals surface area contributed by atoms with Gasteiger partial charge in [0.05, 0.1) is 19.2 Å². The van der Waals surface area contributed by atoms with Gasteiger partial charge in [0.25, 0.3) is 11.8 Å². The average Bonchev–Trinajstić information content (AvgIpc) is 3.29. The van der Waals surface area contributed by atoms with Crippen LogP contribution in [0.3, 0.4) is 0 Å². The predicted octanol–water partition coefficient (Wildman–Crippen LogP) is 4.61. The second-order valence-electron chi connectivity index (χ2n) is 7.70. The monoisotopic (exact) mass is 454 g/mol. The molecule has 172 valence electrons. The number of nitrogens with one attached hydrogen (secondary N) is 2. The number of carbonyl (C=O) groups excluding carboxylic acids is 2. The molecule has 0 aliphatic carbocycles. The fraction of sp³-hybridized carbons (Fsp3) is 0.148. The number of ether oxygens (including phenoxy) is 1. The minimum Gasteiger partial charge on any atom is -0.497 e. The number of nitrogens with zero attached hydrogens (tertiary/aromatic N) is 2. The number of hydrogen-bond donors (Lipinski definition) is 2. The van der Waals surface area contributed by atoms with Crippen LogP contribution in [0.25, 0.3) is 11.3 Å². The molecule has 7 heteroatoms. The molecule has 3 aromatic carbocycles. The maximum atomic E-state index is 13.3. The lowest BCUT2D eigenvalue weighted by atomic mass is 10.1. The Morgan fingerprint density at radius 1 is 0.941 bits per heavy atom. The van der Waals surface area contributed by atoms with Crippen LogP contribution < -0.4 is 15.4 Å². The van der Waals surface area contributed by atoms with Crippen molar-refractivity contribution >= 4 is 17.5 Å². The van der Waals surface area contributed by atoms with Crippen molar-refractivity contribution in [2.24, 2.45) is 0 Å². The van der Waals surface area contributed by atoms with E-state index in [1.165, 1.54) is 0 Å². The Morgan fingerprint density at radius 3 is 2.41 bits per heavy atom. The molecule has 7 nitrogen and oxygen atoms in total. The second-order valence-corrected chi connectivity index (χ2v) is 7.70. The van der Waals surface area contributed by atoms with Gasteiger partial charge in [0.1, 0.15) is 11.4 Å². The van der Waals surface area contributed by atoms with Crippen LogP contribution in [0.2, 0.25) is 0 Å². The van der Waals surface area contributed by atoms with E-state index in [1.54, 1.807) is 42.3 Å². The van der Waals surface area contributed by atoms with Gasteiger partial charge in [0.2, 0.25) is 0 Å². The molecule has 0 bridgehead atoms. The molecule has 0 spiro atoms. The van der Waals surface area contributed by atoms with E-state index in [1.807, 2.05) is 61.5 Å². The number of amides is 2. The summed E-state index contributed by atoms with van der Waals surface area (Å²) in [6.45, 7) is 2.92. The summed E-state index contributed by atoms with van der Waals surface area (Å²) in [5, 5.41) is 10.4. The van der Waals surface area contributed by atoms with Gasteiger partial charge in [-0.1, -0.05) is 36.4 Å². The Balaban J connectivity index is 1.65. The normalized spacial score (nSPS) is 10.5. The lowest BCUT2D eigenvalue weighted by molar-refractivity contribution is 0.0954. The van der Waals surface area contributed by atoms with Crippen LogP contribution in [-0.4, -0.2) is 35.2 Å². The highest BCUT2D eigenvalue weighted by Crippen LogP contribution is 2.26. The van der Waals surface area contributed by atoms with E-state index in [0.29, 0.717) is 35.6 Å². The maximum absolute atomic E-state index is 13.3. The van der Waals surface area contributed by atoms with E-state index in [9.17, 15) is 9.59 Å². The van der Waals surface area contributed by atoms with Gasteiger partial charge < -0.3 is 15.4 Å². The molecular formula is C27H26N4O3. The number of benzene rings is 3. The molecule has 0 aliphatic heterocycles. The largest absolute Gasteiger partial charge is 0.497 e. The molecule has 1 heterocycles. The number of anilines is 1. The number of hydrogen-bond acceptors (Lipinski definition) is 4. The minimum absolute atomic E-state index is 0.187. The summed E-state index contributed by atoms with van der Waals surface area (Å²) in [7, 11) is 1.61.